The smallest absolute Gasteiger partial charge is 0.338 e. The van der Waals surface area contributed by atoms with Crippen LogP contribution < -0.4 is 0 Å². The number of ether oxygens (including phenoxy) is 1. The average Bonchev–Trinajstić information content (AvgIpc) is 2.78. The molecule has 2 heteroatoms. The molecule has 1 aromatic carbocycles. The van der Waals surface area contributed by atoms with Crippen LogP contribution in [-0.2, 0) is 4.74 Å². The van der Waals surface area contributed by atoms with Crippen molar-refractivity contribution in [1.82, 2.24) is 0 Å². The molecule has 0 aliphatic heterocycles. The van der Waals surface area contributed by atoms with Gasteiger partial charge in [0.1, 0.15) is 6.10 Å². The Kier molecular flexibility index (Phi) is 8.83. The molecular formula is C27H40O2. The minimum absolute atomic E-state index is 0.111. The van der Waals surface area contributed by atoms with E-state index < -0.39 is 0 Å². The molecule has 1 fully saturated rings. The van der Waals surface area contributed by atoms with E-state index in [1.165, 1.54) is 81.8 Å². The van der Waals surface area contributed by atoms with Gasteiger partial charge in [0, 0.05) is 0 Å². The first kappa shape index (κ1) is 22.1. The quantitative estimate of drug-likeness (QED) is 0.312. The van der Waals surface area contributed by atoms with E-state index in [0.29, 0.717) is 5.56 Å². The van der Waals surface area contributed by atoms with Crippen molar-refractivity contribution in [2.45, 2.75) is 103 Å². The van der Waals surface area contributed by atoms with Crippen LogP contribution in [0.2, 0.25) is 0 Å². The Bertz CT molecular complexity index is 650. The molecule has 160 valence electrons. The molecular weight excluding hydrogens is 356 g/mol. The number of carbonyl (C=O) groups is 1. The molecule has 1 atom stereocenters. The second-order valence-electron chi connectivity index (χ2n) is 9.25. The van der Waals surface area contributed by atoms with Crippen LogP contribution in [0.15, 0.2) is 30.3 Å². The van der Waals surface area contributed by atoms with Gasteiger partial charge in [0.25, 0.3) is 0 Å². The van der Waals surface area contributed by atoms with Crippen molar-refractivity contribution in [2.75, 3.05) is 0 Å². The van der Waals surface area contributed by atoms with Gasteiger partial charge in [0.15, 0.2) is 0 Å². The fourth-order valence-electron chi connectivity index (χ4n) is 4.97. The lowest BCUT2D eigenvalue weighted by Gasteiger charge is -2.27. The molecule has 2 aliphatic rings. The molecule has 1 saturated carbocycles. The Morgan fingerprint density at radius 1 is 0.931 bits per heavy atom. The zero-order chi connectivity index (χ0) is 20.5. The third-order valence-electron chi connectivity index (χ3n) is 7.12. The second-order valence-corrected chi connectivity index (χ2v) is 9.25. The molecule has 0 aromatic heterocycles. The van der Waals surface area contributed by atoms with Gasteiger partial charge in [-0.2, -0.15) is 0 Å². The van der Waals surface area contributed by atoms with Crippen molar-refractivity contribution in [3.8, 4) is 0 Å². The molecule has 0 saturated heterocycles. The fourth-order valence-corrected chi connectivity index (χ4v) is 4.97. The lowest BCUT2D eigenvalue weighted by atomic mass is 9.83. The fraction of sp³-hybridized carbons (Fsp3) is 0.667. The highest BCUT2D eigenvalue weighted by Crippen LogP contribution is 2.33. The third kappa shape index (κ3) is 6.73. The van der Waals surface area contributed by atoms with Gasteiger partial charge in [-0.1, -0.05) is 70.6 Å². The van der Waals surface area contributed by atoms with Gasteiger partial charge in [0.05, 0.1) is 5.56 Å². The van der Waals surface area contributed by atoms with Crippen molar-refractivity contribution in [1.29, 1.82) is 0 Å². The highest BCUT2D eigenvalue weighted by atomic mass is 16.5. The summed E-state index contributed by atoms with van der Waals surface area (Å²) >= 11 is 0. The standard InChI is InChI=1S/C27H40O2/c1-3-5-6-7-8-22-9-13-23(14-10-22)24-15-17-25(18-16-24)27(28)29-26-19-11-21(4-2)12-20-26/h13,15-18,21-22,26H,3-12,14,19-20H2,1-2H3. The maximum atomic E-state index is 12.5. The van der Waals surface area contributed by atoms with Crippen molar-refractivity contribution in [3.05, 3.63) is 41.5 Å². The van der Waals surface area contributed by atoms with Gasteiger partial charge >= 0.3 is 5.97 Å². The van der Waals surface area contributed by atoms with Gasteiger partial charge < -0.3 is 4.74 Å². The SMILES string of the molecule is CCCCCCC1CC=C(c2ccc(C(=O)OC3CCC(CC)CC3)cc2)CC1. The maximum absolute atomic E-state index is 12.5. The van der Waals surface area contributed by atoms with Crippen molar-refractivity contribution >= 4 is 11.5 Å². The number of rotatable bonds is 9. The summed E-state index contributed by atoms with van der Waals surface area (Å²) < 4.78 is 5.77. The molecule has 2 aliphatic carbocycles. The number of esters is 1. The molecule has 0 spiro atoms. The first-order valence-electron chi connectivity index (χ1n) is 12.2. The number of carbonyl (C=O) groups excluding carboxylic acids is 1. The summed E-state index contributed by atoms with van der Waals surface area (Å²) in [4.78, 5) is 12.5. The van der Waals surface area contributed by atoms with Crippen LogP contribution in [-0.4, -0.2) is 12.1 Å². The van der Waals surface area contributed by atoms with Crippen LogP contribution in [0.25, 0.3) is 5.57 Å². The summed E-state index contributed by atoms with van der Waals surface area (Å²) in [5, 5.41) is 0. The predicted octanol–water partition coefficient (Wildman–Crippen LogP) is 7.97. The van der Waals surface area contributed by atoms with E-state index in [4.69, 9.17) is 4.74 Å². The zero-order valence-corrected chi connectivity index (χ0v) is 18.6. The average molecular weight is 397 g/mol. The number of hydrogen-bond acceptors (Lipinski definition) is 2. The first-order chi connectivity index (χ1) is 14.2. The van der Waals surface area contributed by atoms with E-state index in [1.54, 1.807) is 0 Å². The van der Waals surface area contributed by atoms with Gasteiger partial charge in [-0.15, -0.1) is 0 Å². The molecule has 0 bridgehead atoms. The van der Waals surface area contributed by atoms with Crippen molar-refractivity contribution in [3.63, 3.8) is 0 Å². The Labute approximate surface area is 178 Å². The van der Waals surface area contributed by atoms with Gasteiger partial charge in [-0.25, -0.2) is 4.79 Å². The number of benzene rings is 1. The highest BCUT2D eigenvalue weighted by molar-refractivity contribution is 5.90. The van der Waals surface area contributed by atoms with Crippen LogP contribution in [0.3, 0.4) is 0 Å². The Hall–Kier alpha value is -1.57. The van der Waals surface area contributed by atoms with Gasteiger partial charge in [-0.05, 0) is 80.1 Å². The molecule has 0 radical (unpaired) electrons. The molecule has 1 aromatic rings. The van der Waals surface area contributed by atoms with Gasteiger partial charge in [-0.3, -0.25) is 0 Å². The Balaban J connectivity index is 1.46. The minimum atomic E-state index is -0.152. The van der Waals surface area contributed by atoms with E-state index in [0.717, 1.165) is 24.7 Å². The normalized spacial score (nSPS) is 24.8. The lowest BCUT2D eigenvalue weighted by Crippen LogP contribution is -2.24. The molecule has 0 heterocycles. The Morgan fingerprint density at radius 3 is 2.31 bits per heavy atom. The molecule has 0 N–H and O–H groups in total. The molecule has 3 rings (SSSR count). The molecule has 2 nitrogen and oxygen atoms in total. The van der Waals surface area contributed by atoms with E-state index in [9.17, 15) is 4.79 Å². The van der Waals surface area contributed by atoms with Crippen LogP contribution in [0.4, 0.5) is 0 Å². The summed E-state index contributed by atoms with van der Waals surface area (Å²) in [5.41, 5.74) is 3.42. The molecule has 0 amide bonds. The first-order valence-corrected chi connectivity index (χ1v) is 12.2. The number of allylic oxidation sites excluding steroid dienone is 2. The summed E-state index contributed by atoms with van der Waals surface area (Å²) in [6.07, 6.45) is 18.8. The minimum Gasteiger partial charge on any atom is -0.459 e. The summed E-state index contributed by atoms with van der Waals surface area (Å²) in [7, 11) is 0. The van der Waals surface area contributed by atoms with Crippen LogP contribution in [0, 0.1) is 11.8 Å². The van der Waals surface area contributed by atoms with Gasteiger partial charge in [0.2, 0.25) is 0 Å². The van der Waals surface area contributed by atoms with Crippen molar-refractivity contribution in [2.24, 2.45) is 11.8 Å². The second kappa shape index (κ2) is 11.6. The molecule has 1 unspecified atom stereocenters. The van der Waals surface area contributed by atoms with Crippen LogP contribution >= 0.6 is 0 Å². The van der Waals surface area contributed by atoms with Crippen LogP contribution in [0.1, 0.15) is 113 Å². The summed E-state index contributed by atoms with van der Waals surface area (Å²) in [6, 6.07) is 8.12. The van der Waals surface area contributed by atoms with E-state index in [-0.39, 0.29) is 12.1 Å². The topological polar surface area (TPSA) is 26.3 Å². The zero-order valence-electron chi connectivity index (χ0n) is 18.6. The van der Waals surface area contributed by atoms with E-state index >= 15 is 0 Å². The summed E-state index contributed by atoms with van der Waals surface area (Å²) in [6.45, 7) is 4.53. The van der Waals surface area contributed by atoms with E-state index in [1.807, 2.05) is 12.1 Å². The van der Waals surface area contributed by atoms with Crippen LogP contribution in [0.5, 0.6) is 0 Å². The maximum Gasteiger partial charge on any atom is 0.338 e. The highest BCUT2D eigenvalue weighted by Gasteiger charge is 2.23. The third-order valence-corrected chi connectivity index (χ3v) is 7.12. The molecule has 29 heavy (non-hydrogen) atoms. The number of unbranched alkanes of at least 4 members (excludes halogenated alkanes) is 3. The largest absolute Gasteiger partial charge is 0.459 e. The number of hydrogen-bond donors (Lipinski definition) is 0. The predicted molar refractivity (Wildman–Crippen MR) is 122 cm³/mol. The lowest BCUT2D eigenvalue weighted by molar-refractivity contribution is 0.0164. The van der Waals surface area contributed by atoms with E-state index in [2.05, 4.69) is 32.1 Å². The Morgan fingerprint density at radius 2 is 1.69 bits per heavy atom. The monoisotopic (exact) mass is 396 g/mol. The van der Waals surface area contributed by atoms with Crippen molar-refractivity contribution < 1.29 is 9.53 Å². The summed E-state index contributed by atoms with van der Waals surface area (Å²) in [5.74, 6) is 1.54.